The summed E-state index contributed by atoms with van der Waals surface area (Å²) in [7, 11) is 0. The molecular weight excluding hydrogens is 486 g/mol. The summed E-state index contributed by atoms with van der Waals surface area (Å²) in [6.07, 6.45) is 1.66. The van der Waals surface area contributed by atoms with Gasteiger partial charge in [-0.2, -0.15) is 0 Å². The molecule has 9 heteroatoms. The van der Waals surface area contributed by atoms with Crippen molar-refractivity contribution in [2.75, 3.05) is 26.4 Å². The number of rotatable bonds is 10. The molecule has 186 valence electrons. The maximum Gasteiger partial charge on any atom is 0.323 e. The van der Waals surface area contributed by atoms with Gasteiger partial charge in [-0.25, -0.2) is 0 Å². The number of carbonyl (C=O) groups excluding carboxylic acids is 1. The lowest BCUT2D eigenvalue weighted by atomic mass is 9.87. The van der Waals surface area contributed by atoms with Crippen LogP contribution in [0, 0.1) is 0 Å². The lowest BCUT2D eigenvalue weighted by Crippen LogP contribution is -2.33. The molecule has 0 radical (unpaired) electrons. The summed E-state index contributed by atoms with van der Waals surface area (Å²) in [6.45, 7) is 9.06. The van der Waals surface area contributed by atoms with E-state index in [1.807, 2.05) is 19.1 Å². The predicted molar refractivity (Wildman–Crippen MR) is 141 cm³/mol. The van der Waals surface area contributed by atoms with Crippen LogP contribution in [0.5, 0.6) is 17.2 Å². The molecule has 1 aliphatic heterocycles. The Kier molecular flexibility index (Phi) is 8.80. The monoisotopic (exact) mass is 515 g/mol. The molecule has 0 unspecified atom stereocenters. The first-order chi connectivity index (χ1) is 16.6. The van der Waals surface area contributed by atoms with Crippen LogP contribution in [0.15, 0.2) is 47.4 Å². The molecule has 3 rings (SSSR count). The third-order valence-electron chi connectivity index (χ3n) is 5.06. The zero-order valence-corrected chi connectivity index (χ0v) is 21.8. The molecule has 1 N–H and O–H groups in total. The standard InChI is InChI=1S/C26H29NO6S2/c1-5-31-21-14-17(15-22-24(30)27(16-23(28)29)25(34)35-22)6-11-20(21)33-13-12-32-19-9-7-18(8-10-19)26(2,3)4/h6-11,14-15H,5,12-13,16H2,1-4H3,(H,28,29)/b22-15+. The average molecular weight is 516 g/mol. The number of aliphatic carboxylic acids is 1. The summed E-state index contributed by atoms with van der Waals surface area (Å²) < 4.78 is 17.6. The predicted octanol–water partition coefficient (Wildman–Crippen LogP) is 5.13. The van der Waals surface area contributed by atoms with Crippen molar-refractivity contribution in [2.24, 2.45) is 0 Å². The van der Waals surface area contributed by atoms with E-state index >= 15 is 0 Å². The summed E-state index contributed by atoms with van der Waals surface area (Å²) in [5.74, 6) is 0.343. The molecule has 0 spiro atoms. The molecule has 1 amide bonds. The minimum atomic E-state index is -1.12. The molecule has 1 saturated heterocycles. The van der Waals surface area contributed by atoms with E-state index in [4.69, 9.17) is 31.5 Å². The van der Waals surface area contributed by atoms with Crippen molar-refractivity contribution in [3.05, 3.63) is 58.5 Å². The fraction of sp³-hybridized carbons (Fsp3) is 0.346. The van der Waals surface area contributed by atoms with Crippen molar-refractivity contribution in [1.29, 1.82) is 0 Å². The Morgan fingerprint density at radius 1 is 1.06 bits per heavy atom. The molecule has 2 aromatic carbocycles. The van der Waals surface area contributed by atoms with Crippen molar-refractivity contribution in [2.45, 2.75) is 33.1 Å². The Hall–Kier alpha value is -3.04. The first-order valence-corrected chi connectivity index (χ1v) is 12.4. The molecule has 2 aromatic rings. The zero-order chi connectivity index (χ0) is 25.6. The van der Waals surface area contributed by atoms with Crippen LogP contribution >= 0.6 is 24.0 Å². The molecule has 0 aliphatic carbocycles. The van der Waals surface area contributed by atoms with Gasteiger partial charge in [0.05, 0.1) is 11.5 Å². The fourth-order valence-electron chi connectivity index (χ4n) is 3.29. The van der Waals surface area contributed by atoms with Crippen molar-refractivity contribution in [1.82, 2.24) is 4.90 Å². The largest absolute Gasteiger partial charge is 0.490 e. The van der Waals surface area contributed by atoms with Gasteiger partial charge < -0.3 is 19.3 Å². The number of thioether (sulfide) groups is 1. The van der Waals surface area contributed by atoms with E-state index in [1.54, 1.807) is 24.3 Å². The Bertz CT molecular complexity index is 1120. The number of carboxylic acids is 1. The van der Waals surface area contributed by atoms with Gasteiger partial charge in [0.25, 0.3) is 5.91 Å². The second kappa shape index (κ2) is 11.6. The quantitative estimate of drug-likeness (QED) is 0.265. The van der Waals surface area contributed by atoms with Crippen LogP contribution < -0.4 is 14.2 Å². The number of benzene rings is 2. The number of thiocarbonyl (C=S) groups is 1. The van der Waals surface area contributed by atoms with Gasteiger partial charge in [-0.15, -0.1) is 0 Å². The number of carboxylic acid groups (broad SMARTS) is 1. The molecule has 0 atom stereocenters. The van der Waals surface area contributed by atoms with E-state index in [0.29, 0.717) is 41.8 Å². The number of ether oxygens (including phenoxy) is 3. The first-order valence-electron chi connectivity index (χ1n) is 11.2. The molecule has 1 aliphatic rings. The van der Waals surface area contributed by atoms with E-state index in [-0.39, 0.29) is 9.74 Å². The molecular formula is C26H29NO6S2. The lowest BCUT2D eigenvalue weighted by molar-refractivity contribution is -0.140. The summed E-state index contributed by atoms with van der Waals surface area (Å²) in [5.41, 5.74) is 2.05. The molecule has 0 aromatic heterocycles. The summed E-state index contributed by atoms with van der Waals surface area (Å²) in [4.78, 5) is 24.9. The zero-order valence-electron chi connectivity index (χ0n) is 20.2. The number of hydrogen-bond acceptors (Lipinski definition) is 7. The third kappa shape index (κ3) is 7.22. The van der Waals surface area contributed by atoms with Crippen LogP contribution in [0.3, 0.4) is 0 Å². The smallest absolute Gasteiger partial charge is 0.323 e. The molecule has 0 bridgehead atoms. The van der Waals surface area contributed by atoms with E-state index in [9.17, 15) is 9.59 Å². The van der Waals surface area contributed by atoms with Crippen LogP contribution in [-0.2, 0) is 15.0 Å². The first kappa shape index (κ1) is 26.6. The van der Waals surface area contributed by atoms with E-state index in [0.717, 1.165) is 22.4 Å². The SMILES string of the molecule is CCOc1cc(/C=C2/SC(=S)N(CC(=O)O)C2=O)ccc1OCCOc1ccc(C(C)(C)C)cc1. The highest BCUT2D eigenvalue weighted by atomic mass is 32.2. The summed E-state index contributed by atoms with van der Waals surface area (Å²) in [5, 5.41) is 8.98. The molecule has 7 nitrogen and oxygen atoms in total. The molecule has 0 saturated carbocycles. The highest BCUT2D eigenvalue weighted by Crippen LogP contribution is 2.35. The maximum absolute atomic E-state index is 12.5. The van der Waals surface area contributed by atoms with Crippen molar-refractivity contribution in [3.63, 3.8) is 0 Å². The minimum Gasteiger partial charge on any atom is -0.490 e. The van der Waals surface area contributed by atoms with Crippen LogP contribution in [0.4, 0.5) is 0 Å². The number of carbonyl (C=O) groups is 2. The fourth-order valence-corrected chi connectivity index (χ4v) is 4.54. The summed E-state index contributed by atoms with van der Waals surface area (Å²) >= 11 is 6.22. The van der Waals surface area contributed by atoms with E-state index in [1.165, 1.54) is 5.56 Å². The second-order valence-corrected chi connectivity index (χ2v) is 10.4. The molecule has 1 heterocycles. The minimum absolute atomic E-state index is 0.0902. The van der Waals surface area contributed by atoms with Crippen LogP contribution in [0.25, 0.3) is 6.08 Å². The Balaban J connectivity index is 1.62. The van der Waals surface area contributed by atoms with Gasteiger partial charge in [0, 0.05) is 0 Å². The number of nitrogens with zero attached hydrogens (tertiary/aromatic N) is 1. The molecule has 1 fully saturated rings. The van der Waals surface area contributed by atoms with Crippen molar-refractivity contribution in [3.8, 4) is 17.2 Å². The van der Waals surface area contributed by atoms with Gasteiger partial charge in [-0.3, -0.25) is 14.5 Å². The van der Waals surface area contributed by atoms with Gasteiger partial charge in [-0.05, 0) is 53.8 Å². The highest BCUT2D eigenvalue weighted by Gasteiger charge is 2.33. The number of hydrogen-bond donors (Lipinski definition) is 1. The Morgan fingerprint density at radius 2 is 1.74 bits per heavy atom. The van der Waals surface area contributed by atoms with Gasteiger partial charge in [0.1, 0.15) is 29.8 Å². The Labute approximate surface area is 215 Å². The van der Waals surface area contributed by atoms with Crippen LogP contribution in [0.2, 0.25) is 0 Å². The summed E-state index contributed by atoms with van der Waals surface area (Å²) in [6, 6.07) is 13.4. The van der Waals surface area contributed by atoms with Crippen LogP contribution in [-0.4, -0.2) is 52.6 Å². The van der Waals surface area contributed by atoms with Crippen molar-refractivity contribution >= 4 is 46.3 Å². The Morgan fingerprint density at radius 3 is 2.37 bits per heavy atom. The van der Waals surface area contributed by atoms with E-state index in [2.05, 4.69) is 32.9 Å². The lowest BCUT2D eigenvalue weighted by Gasteiger charge is -2.19. The normalized spacial score (nSPS) is 15.0. The third-order valence-corrected chi connectivity index (χ3v) is 6.44. The highest BCUT2D eigenvalue weighted by molar-refractivity contribution is 8.26. The van der Waals surface area contributed by atoms with Gasteiger partial charge >= 0.3 is 5.97 Å². The maximum atomic E-state index is 12.5. The van der Waals surface area contributed by atoms with E-state index < -0.39 is 18.4 Å². The van der Waals surface area contributed by atoms with Gasteiger partial charge in [0.15, 0.2) is 11.5 Å². The molecule has 35 heavy (non-hydrogen) atoms. The van der Waals surface area contributed by atoms with Gasteiger partial charge in [-0.1, -0.05) is 63.0 Å². The van der Waals surface area contributed by atoms with Crippen molar-refractivity contribution < 1.29 is 28.9 Å². The van der Waals surface area contributed by atoms with Gasteiger partial charge in [0.2, 0.25) is 0 Å². The topological polar surface area (TPSA) is 85.3 Å². The number of amides is 1. The average Bonchev–Trinajstić information content (AvgIpc) is 3.04. The second-order valence-electron chi connectivity index (χ2n) is 8.77. The van der Waals surface area contributed by atoms with Crippen LogP contribution in [0.1, 0.15) is 38.8 Å².